The number of carbonyl (C=O) groups is 2. The average molecular weight is 271 g/mol. The number of carbonyl (C=O) groups excluding carboxylic acids is 2. The first-order valence-electron chi connectivity index (χ1n) is 7.19. The van der Waals surface area contributed by atoms with Gasteiger partial charge in [0, 0.05) is 20.1 Å². The van der Waals surface area contributed by atoms with Crippen molar-refractivity contribution >= 4 is 11.8 Å². The Morgan fingerprint density at radius 1 is 1.16 bits per heavy atom. The molecule has 0 saturated carbocycles. The van der Waals surface area contributed by atoms with Gasteiger partial charge in [0.25, 0.3) is 0 Å². The maximum Gasteiger partial charge on any atom is 0.239 e. The highest BCUT2D eigenvalue weighted by atomic mass is 16.2. The first-order chi connectivity index (χ1) is 8.97. The fraction of sp³-hybridized carbons (Fsp3) is 0.857. The van der Waals surface area contributed by atoms with E-state index in [-0.39, 0.29) is 18.4 Å². The zero-order chi connectivity index (χ0) is 14.9. The lowest BCUT2D eigenvalue weighted by molar-refractivity contribution is -0.144. The summed E-state index contributed by atoms with van der Waals surface area (Å²) in [6.07, 6.45) is 3.38. The molecule has 0 bridgehead atoms. The van der Waals surface area contributed by atoms with Crippen LogP contribution in [0.25, 0.3) is 0 Å². The number of hydrogen-bond acceptors (Lipinski definition) is 3. The van der Waals surface area contributed by atoms with Gasteiger partial charge in [-0.3, -0.25) is 9.59 Å². The van der Waals surface area contributed by atoms with E-state index >= 15 is 0 Å². The van der Waals surface area contributed by atoms with Crippen LogP contribution in [0.2, 0.25) is 0 Å². The predicted molar refractivity (Wildman–Crippen MR) is 77.6 cm³/mol. The van der Waals surface area contributed by atoms with Crippen molar-refractivity contribution in [3.8, 4) is 0 Å². The molecule has 3 N–H and O–H groups in total. The summed E-state index contributed by atoms with van der Waals surface area (Å²) in [4.78, 5) is 25.6. The molecule has 0 spiro atoms. The molecule has 0 aliphatic heterocycles. The smallest absolute Gasteiger partial charge is 0.239 e. The van der Waals surface area contributed by atoms with Gasteiger partial charge in [-0.1, -0.05) is 26.7 Å². The maximum atomic E-state index is 12.6. The Morgan fingerprint density at radius 2 is 1.68 bits per heavy atom. The molecular weight excluding hydrogens is 242 g/mol. The van der Waals surface area contributed by atoms with Crippen molar-refractivity contribution in [1.29, 1.82) is 0 Å². The summed E-state index contributed by atoms with van der Waals surface area (Å²) in [5, 5.41) is 2.70. The van der Waals surface area contributed by atoms with Crippen LogP contribution in [0.3, 0.4) is 0 Å². The zero-order valence-corrected chi connectivity index (χ0v) is 12.8. The van der Waals surface area contributed by atoms with Crippen LogP contribution in [-0.4, -0.2) is 43.4 Å². The van der Waals surface area contributed by atoms with Gasteiger partial charge in [-0.2, -0.15) is 0 Å². The van der Waals surface area contributed by atoms with Crippen LogP contribution in [0, 0.1) is 5.41 Å². The summed E-state index contributed by atoms with van der Waals surface area (Å²) in [6, 6.07) is 0. The Labute approximate surface area is 116 Å². The molecule has 0 unspecified atom stereocenters. The van der Waals surface area contributed by atoms with Gasteiger partial charge in [-0.05, 0) is 19.8 Å². The second-order valence-electron chi connectivity index (χ2n) is 5.10. The Hall–Kier alpha value is -1.10. The second kappa shape index (κ2) is 8.91. The fourth-order valence-corrected chi connectivity index (χ4v) is 2.53. The molecule has 0 aromatic rings. The topological polar surface area (TPSA) is 75.4 Å². The maximum absolute atomic E-state index is 12.6. The lowest BCUT2D eigenvalue weighted by atomic mass is 9.78. The van der Waals surface area contributed by atoms with Crippen LogP contribution in [-0.2, 0) is 9.59 Å². The minimum absolute atomic E-state index is 0.00930. The summed E-state index contributed by atoms with van der Waals surface area (Å²) in [5.41, 5.74) is 5.35. The third kappa shape index (κ3) is 5.19. The highest BCUT2D eigenvalue weighted by molar-refractivity contribution is 5.88. The molecule has 112 valence electrons. The van der Waals surface area contributed by atoms with E-state index in [4.69, 9.17) is 5.73 Å². The molecule has 0 aliphatic rings. The van der Waals surface area contributed by atoms with Gasteiger partial charge in [-0.25, -0.2) is 0 Å². The Bertz CT molecular complexity index is 286. The first kappa shape index (κ1) is 17.9. The molecule has 19 heavy (non-hydrogen) atoms. The van der Waals surface area contributed by atoms with E-state index < -0.39 is 5.41 Å². The minimum atomic E-state index is -0.509. The minimum Gasteiger partial charge on any atom is -0.355 e. The van der Waals surface area contributed by atoms with Crippen molar-refractivity contribution in [1.82, 2.24) is 10.2 Å². The van der Waals surface area contributed by atoms with Crippen LogP contribution in [0.5, 0.6) is 0 Å². The molecule has 0 rings (SSSR count). The Morgan fingerprint density at radius 3 is 2.05 bits per heavy atom. The van der Waals surface area contributed by atoms with Gasteiger partial charge in [0.2, 0.25) is 11.8 Å². The molecule has 5 heteroatoms. The van der Waals surface area contributed by atoms with E-state index in [0.717, 1.165) is 25.7 Å². The standard InChI is InChI=1S/C14H29N3O2/c1-5-8-14(11-15,9-6-2)13(19)17(4)10-12(18)16-7-3/h5-11,15H2,1-4H3,(H,16,18). The van der Waals surface area contributed by atoms with E-state index in [0.29, 0.717) is 13.1 Å². The summed E-state index contributed by atoms with van der Waals surface area (Å²) < 4.78 is 0. The van der Waals surface area contributed by atoms with Gasteiger partial charge in [0.15, 0.2) is 0 Å². The van der Waals surface area contributed by atoms with Crippen molar-refractivity contribution in [2.45, 2.75) is 46.5 Å². The van der Waals surface area contributed by atoms with Crippen LogP contribution in [0.1, 0.15) is 46.5 Å². The summed E-state index contributed by atoms with van der Waals surface area (Å²) in [7, 11) is 1.67. The molecule has 5 nitrogen and oxygen atoms in total. The zero-order valence-electron chi connectivity index (χ0n) is 12.8. The van der Waals surface area contributed by atoms with Crippen molar-refractivity contribution in [2.75, 3.05) is 26.7 Å². The molecule has 0 atom stereocenters. The quantitative estimate of drug-likeness (QED) is 0.660. The lowest BCUT2D eigenvalue weighted by Crippen LogP contribution is -2.49. The summed E-state index contributed by atoms with van der Waals surface area (Å²) in [6.45, 7) is 6.98. The Balaban J connectivity index is 4.82. The first-order valence-corrected chi connectivity index (χ1v) is 7.19. The van der Waals surface area contributed by atoms with Crippen LogP contribution < -0.4 is 11.1 Å². The highest BCUT2D eigenvalue weighted by Gasteiger charge is 2.37. The third-order valence-electron chi connectivity index (χ3n) is 3.40. The Kier molecular flexibility index (Phi) is 8.39. The SMILES string of the molecule is CCCC(CN)(CCC)C(=O)N(C)CC(=O)NCC. The van der Waals surface area contributed by atoms with Crippen LogP contribution in [0.15, 0.2) is 0 Å². The molecular formula is C14H29N3O2. The van der Waals surface area contributed by atoms with Crippen molar-refractivity contribution in [3.63, 3.8) is 0 Å². The highest BCUT2D eigenvalue weighted by Crippen LogP contribution is 2.30. The summed E-state index contributed by atoms with van der Waals surface area (Å²) >= 11 is 0. The number of hydrogen-bond donors (Lipinski definition) is 2. The second-order valence-corrected chi connectivity index (χ2v) is 5.10. The van der Waals surface area contributed by atoms with E-state index in [9.17, 15) is 9.59 Å². The number of amides is 2. The number of nitrogens with two attached hydrogens (primary N) is 1. The van der Waals surface area contributed by atoms with Gasteiger partial charge in [-0.15, -0.1) is 0 Å². The lowest BCUT2D eigenvalue weighted by Gasteiger charge is -2.34. The van der Waals surface area contributed by atoms with Crippen molar-refractivity contribution in [2.24, 2.45) is 11.1 Å². The third-order valence-corrected chi connectivity index (χ3v) is 3.40. The van der Waals surface area contributed by atoms with Crippen molar-refractivity contribution in [3.05, 3.63) is 0 Å². The van der Waals surface area contributed by atoms with Gasteiger partial charge in [0.1, 0.15) is 0 Å². The van der Waals surface area contributed by atoms with Crippen LogP contribution >= 0.6 is 0 Å². The van der Waals surface area contributed by atoms with E-state index in [1.54, 1.807) is 7.05 Å². The average Bonchev–Trinajstić information content (AvgIpc) is 2.37. The fourth-order valence-electron chi connectivity index (χ4n) is 2.53. The number of nitrogens with zero attached hydrogens (tertiary/aromatic N) is 1. The van der Waals surface area contributed by atoms with Gasteiger partial charge >= 0.3 is 0 Å². The van der Waals surface area contributed by atoms with E-state index in [1.807, 2.05) is 6.92 Å². The molecule has 2 amide bonds. The summed E-state index contributed by atoms with van der Waals surface area (Å²) in [5.74, 6) is -0.137. The van der Waals surface area contributed by atoms with Gasteiger partial charge < -0.3 is 16.0 Å². The van der Waals surface area contributed by atoms with Gasteiger partial charge in [0.05, 0.1) is 12.0 Å². The molecule has 0 aliphatic carbocycles. The van der Waals surface area contributed by atoms with Crippen molar-refractivity contribution < 1.29 is 9.59 Å². The predicted octanol–water partition coefficient (Wildman–Crippen LogP) is 1.13. The number of likely N-dealkylation sites (N-methyl/N-ethyl adjacent to an activating group) is 2. The molecule has 0 fully saturated rings. The monoisotopic (exact) mass is 271 g/mol. The molecule has 0 radical (unpaired) electrons. The normalized spacial score (nSPS) is 11.2. The molecule has 0 aromatic carbocycles. The molecule has 0 saturated heterocycles. The molecule has 0 aromatic heterocycles. The van der Waals surface area contributed by atoms with E-state index in [2.05, 4.69) is 19.2 Å². The molecule has 0 heterocycles. The number of nitrogens with one attached hydrogen (secondary N) is 1. The van der Waals surface area contributed by atoms with Crippen LogP contribution in [0.4, 0.5) is 0 Å². The van der Waals surface area contributed by atoms with E-state index in [1.165, 1.54) is 4.90 Å². The largest absolute Gasteiger partial charge is 0.355 e. The number of rotatable bonds is 9.